The van der Waals surface area contributed by atoms with E-state index < -0.39 is 5.97 Å². The number of nitrogens with zero attached hydrogens (tertiary/aromatic N) is 1. The lowest BCUT2D eigenvalue weighted by molar-refractivity contribution is 0.0526. The van der Waals surface area contributed by atoms with Crippen molar-refractivity contribution in [3.05, 3.63) is 40.4 Å². The number of fused-ring (bicyclic) bond motifs is 1. The van der Waals surface area contributed by atoms with Crippen LogP contribution in [0.4, 0.5) is 4.39 Å². The van der Waals surface area contributed by atoms with Gasteiger partial charge in [-0.05, 0) is 35.0 Å². The summed E-state index contributed by atoms with van der Waals surface area (Å²) in [6.45, 7) is 2.03. The first-order valence-corrected chi connectivity index (χ1v) is 5.55. The molecule has 0 N–H and O–H groups in total. The fourth-order valence-electron chi connectivity index (χ4n) is 1.47. The van der Waals surface area contributed by atoms with Crippen molar-refractivity contribution in [2.24, 2.45) is 0 Å². The minimum absolute atomic E-state index is 0.303. The van der Waals surface area contributed by atoms with Crippen molar-refractivity contribution >= 4 is 27.4 Å². The molecule has 16 heavy (non-hydrogen) atoms. The van der Waals surface area contributed by atoms with Gasteiger partial charge in [-0.2, -0.15) is 0 Å². The standard InChI is InChI=1S/C11H9BrFNO2/c1-2-16-11(15)7-3-10-9(13)4-8(12)6-14(10)5-7/h3-6H,2H2,1H3. The first kappa shape index (κ1) is 11.1. The highest BCUT2D eigenvalue weighted by Crippen LogP contribution is 2.19. The van der Waals surface area contributed by atoms with Gasteiger partial charge >= 0.3 is 5.97 Å². The molecule has 0 saturated heterocycles. The molecule has 0 amide bonds. The van der Waals surface area contributed by atoms with Crippen molar-refractivity contribution in [3.8, 4) is 0 Å². The molecule has 0 radical (unpaired) electrons. The molecule has 5 heteroatoms. The van der Waals surface area contributed by atoms with E-state index in [0.717, 1.165) is 0 Å². The Morgan fingerprint density at radius 1 is 1.50 bits per heavy atom. The van der Waals surface area contributed by atoms with Gasteiger partial charge in [-0.15, -0.1) is 0 Å². The Balaban J connectivity index is 2.51. The molecule has 0 aliphatic rings. The van der Waals surface area contributed by atoms with Crippen LogP contribution in [-0.2, 0) is 4.74 Å². The fraction of sp³-hybridized carbons (Fsp3) is 0.182. The van der Waals surface area contributed by atoms with Crippen LogP contribution in [-0.4, -0.2) is 17.0 Å². The summed E-state index contributed by atoms with van der Waals surface area (Å²) in [6.07, 6.45) is 3.22. The summed E-state index contributed by atoms with van der Waals surface area (Å²) in [7, 11) is 0. The minimum Gasteiger partial charge on any atom is -0.462 e. The number of hydrogen-bond acceptors (Lipinski definition) is 2. The van der Waals surface area contributed by atoms with E-state index in [-0.39, 0.29) is 5.82 Å². The highest BCUT2D eigenvalue weighted by molar-refractivity contribution is 9.10. The maximum Gasteiger partial charge on any atom is 0.339 e. The molecule has 2 aromatic rings. The molecular formula is C11H9BrFNO2. The molecule has 2 heterocycles. The molecule has 0 unspecified atom stereocenters. The van der Waals surface area contributed by atoms with Crippen molar-refractivity contribution in [2.45, 2.75) is 6.92 Å². The highest BCUT2D eigenvalue weighted by atomic mass is 79.9. The van der Waals surface area contributed by atoms with E-state index in [1.54, 1.807) is 23.7 Å². The van der Waals surface area contributed by atoms with Gasteiger partial charge in [0, 0.05) is 16.9 Å². The molecule has 0 aliphatic heterocycles. The summed E-state index contributed by atoms with van der Waals surface area (Å²) in [5, 5.41) is 0. The summed E-state index contributed by atoms with van der Waals surface area (Å²) in [5.41, 5.74) is 0.699. The predicted octanol–water partition coefficient (Wildman–Crippen LogP) is 3.02. The molecule has 0 saturated carbocycles. The zero-order valence-corrected chi connectivity index (χ0v) is 10.1. The largest absolute Gasteiger partial charge is 0.462 e. The molecule has 84 valence electrons. The van der Waals surface area contributed by atoms with Crippen LogP contribution in [0.2, 0.25) is 0 Å². The number of carbonyl (C=O) groups excluding carboxylic acids is 1. The number of rotatable bonds is 2. The average molecular weight is 286 g/mol. The van der Waals surface area contributed by atoms with Crippen LogP contribution in [0.1, 0.15) is 17.3 Å². The van der Waals surface area contributed by atoms with Gasteiger partial charge in [-0.25, -0.2) is 9.18 Å². The smallest absolute Gasteiger partial charge is 0.339 e. The van der Waals surface area contributed by atoms with E-state index >= 15 is 0 Å². The Kier molecular flexibility index (Phi) is 2.96. The third-order valence-electron chi connectivity index (χ3n) is 2.13. The summed E-state index contributed by atoms with van der Waals surface area (Å²) < 4.78 is 20.5. The monoisotopic (exact) mass is 285 g/mol. The van der Waals surface area contributed by atoms with Gasteiger partial charge in [-0.1, -0.05) is 0 Å². The van der Waals surface area contributed by atoms with Crippen LogP contribution in [0.3, 0.4) is 0 Å². The van der Waals surface area contributed by atoms with Crippen LogP contribution >= 0.6 is 15.9 Å². The summed E-state index contributed by atoms with van der Waals surface area (Å²) in [6, 6.07) is 2.82. The van der Waals surface area contributed by atoms with Gasteiger partial charge < -0.3 is 9.14 Å². The number of carbonyl (C=O) groups is 1. The zero-order chi connectivity index (χ0) is 11.7. The number of aromatic nitrogens is 1. The topological polar surface area (TPSA) is 30.7 Å². The number of ether oxygens (including phenoxy) is 1. The summed E-state index contributed by atoms with van der Waals surface area (Å²) >= 11 is 3.18. The molecule has 0 bridgehead atoms. The van der Waals surface area contributed by atoms with Gasteiger partial charge in [0.1, 0.15) is 5.82 Å². The van der Waals surface area contributed by atoms with Crippen LogP contribution in [0.5, 0.6) is 0 Å². The van der Waals surface area contributed by atoms with Gasteiger partial charge in [0.2, 0.25) is 0 Å². The van der Waals surface area contributed by atoms with Crippen LogP contribution in [0.15, 0.2) is 29.0 Å². The van der Waals surface area contributed by atoms with E-state index in [2.05, 4.69) is 15.9 Å². The first-order chi connectivity index (χ1) is 7.61. The maximum atomic E-state index is 13.5. The Labute approximate surface area is 100.0 Å². The molecule has 2 aromatic heterocycles. The van der Waals surface area contributed by atoms with Crippen LogP contribution in [0.25, 0.3) is 5.52 Å². The number of halogens is 2. The Morgan fingerprint density at radius 2 is 2.25 bits per heavy atom. The SMILES string of the molecule is CCOC(=O)c1cc2c(F)cc(Br)cn2c1. The van der Waals surface area contributed by atoms with Gasteiger partial charge in [-0.3, -0.25) is 0 Å². The minimum atomic E-state index is -0.443. The van der Waals surface area contributed by atoms with Crippen LogP contribution < -0.4 is 0 Å². The molecule has 0 aliphatic carbocycles. The first-order valence-electron chi connectivity index (χ1n) is 4.75. The number of pyridine rings is 1. The zero-order valence-electron chi connectivity index (χ0n) is 8.54. The van der Waals surface area contributed by atoms with E-state index in [4.69, 9.17) is 4.74 Å². The lowest BCUT2D eigenvalue weighted by Gasteiger charge is -1.96. The summed E-state index contributed by atoms with van der Waals surface area (Å²) in [5.74, 6) is -0.827. The van der Waals surface area contributed by atoms with E-state index in [9.17, 15) is 9.18 Å². The Bertz CT molecular complexity index is 550. The second-order valence-electron chi connectivity index (χ2n) is 3.25. The van der Waals surface area contributed by atoms with Crippen molar-refractivity contribution in [1.82, 2.24) is 4.40 Å². The molecule has 0 aromatic carbocycles. The van der Waals surface area contributed by atoms with Crippen molar-refractivity contribution < 1.29 is 13.9 Å². The van der Waals surface area contributed by atoms with E-state index in [0.29, 0.717) is 22.2 Å². The molecule has 0 spiro atoms. The van der Waals surface area contributed by atoms with Gasteiger partial charge in [0.05, 0.1) is 17.7 Å². The maximum absolute atomic E-state index is 13.5. The molecule has 0 fully saturated rings. The summed E-state index contributed by atoms with van der Waals surface area (Å²) in [4.78, 5) is 11.4. The van der Waals surface area contributed by atoms with E-state index in [1.165, 1.54) is 12.1 Å². The molecule has 2 rings (SSSR count). The quantitative estimate of drug-likeness (QED) is 0.794. The van der Waals surface area contributed by atoms with E-state index in [1.807, 2.05) is 0 Å². The third-order valence-corrected chi connectivity index (χ3v) is 2.57. The van der Waals surface area contributed by atoms with Gasteiger partial charge in [0.15, 0.2) is 0 Å². The third kappa shape index (κ3) is 1.95. The van der Waals surface area contributed by atoms with Crippen molar-refractivity contribution in [2.75, 3.05) is 6.61 Å². The Hall–Kier alpha value is -1.36. The van der Waals surface area contributed by atoms with Crippen molar-refractivity contribution in [1.29, 1.82) is 0 Å². The molecular weight excluding hydrogens is 277 g/mol. The van der Waals surface area contributed by atoms with Gasteiger partial charge in [0.25, 0.3) is 0 Å². The normalized spacial score (nSPS) is 10.7. The number of hydrogen-bond donors (Lipinski definition) is 0. The number of esters is 1. The molecule has 3 nitrogen and oxygen atoms in total. The lowest BCUT2D eigenvalue weighted by Crippen LogP contribution is -2.02. The van der Waals surface area contributed by atoms with Crippen molar-refractivity contribution in [3.63, 3.8) is 0 Å². The predicted molar refractivity (Wildman–Crippen MR) is 61.0 cm³/mol. The molecule has 0 atom stereocenters. The van der Waals surface area contributed by atoms with Crippen LogP contribution in [0, 0.1) is 5.82 Å². The fourth-order valence-corrected chi connectivity index (χ4v) is 1.89. The second kappa shape index (κ2) is 4.25. The highest BCUT2D eigenvalue weighted by Gasteiger charge is 2.12. The second-order valence-corrected chi connectivity index (χ2v) is 4.16. The average Bonchev–Trinajstić information content (AvgIpc) is 2.62. The lowest BCUT2D eigenvalue weighted by atomic mass is 10.3. The Morgan fingerprint density at radius 3 is 2.94 bits per heavy atom.